The summed E-state index contributed by atoms with van der Waals surface area (Å²) in [6, 6.07) is 7.58. The van der Waals surface area contributed by atoms with Gasteiger partial charge in [-0.05, 0) is 34.5 Å². The van der Waals surface area contributed by atoms with E-state index in [2.05, 4.69) is 22.0 Å². The molecule has 1 saturated heterocycles. The summed E-state index contributed by atoms with van der Waals surface area (Å²) in [7, 11) is 0. The topological polar surface area (TPSA) is 44.1 Å². The Bertz CT molecular complexity index is 450. The number of nitriles is 1. The summed E-state index contributed by atoms with van der Waals surface area (Å²) in [6.45, 7) is 0.712. The summed E-state index contributed by atoms with van der Waals surface area (Å²) in [6.07, 6.45) is 1.45. The van der Waals surface area contributed by atoms with E-state index in [0.717, 1.165) is 16.6 Å². The zero-order valence-electron chi connectivity index (χ0n) is 8.03. The Hall–Kier alpha value is -1.34. The van der Waals surface area contributed by atoms with Gasteiger partial charge in [0.05, 0.1) is 11.3 Å². The van der Waals surface area contributed by atoms with Crippen LogP contribution in [0.4, 0.5) is 5.69 Å². The minimum absolute atomic E-state index is 0.101. The molecule has 1 amide bonds. The number of rotatable bonds is 1. The molecule has 0 spiro atoms. The maximum Gasteiger partial charge on any atom is 0.227 e. The van der Waals surface area contributed by atoms with Gasteiger partial charge in [-0.15, -0.1) is 0 Å². The highest BCUT2D eigenvalue weighted by atomic mass is 79.9. The van der Waals surface area contributed by atoms with Crippen LogP contribution >= 0.6 is 15.9 Å². The highest BCUT2D eigenvalue weighted by Gasteiger charge is 2.24. The summed E-state index contributed by atoms with van der Waals surface area (Å²) >= 11 is 3.31. The molecular weight excluding hydrogens is 256 g/mol. The molecule has 1 fully saturated rings. The van der Waals surface area contributed by atoms with E-state index >= 15 is 0 Å². The largest absolute Gasteiger partial charge is 0.311 e. The summed E-state index contributed by atoms with van der Waals surface area (Å²) in [5.41, 5.74) is 1.25. The number of nitrogens with zero attached hydrogens (tertiary/aromatic N) is 2. The van der Waals surface area contributed by atoms with Gasteiger partial charge >= 0.3 is 0 Å². The second-order valence-corrected chi connectivity index (χ2v) is 4.25. The predicted octanol–water partition coefficient (Wildman–Crippen LogP) is 2.45. The number of amides is 1. The quantitative estimate of drug-likeness (QED) is 0.782. The number of anilines is 1. The molecule has 4 heteroatoms. The van der Waals surface area contributed by atoms with E-state index in [0.29, 0.717) is 18.5 Å². The van der Waals surface area contributed by atoms with E-state index in [1.807, 2.05) is 18.2 Å². The molecule has 15 heavy (non-hydrogen) atoms. The van der Waals surface area contributed by atoms with Crippen LogP contribution in [0.1, 0.15) is 18.4 Å². The predicted molar refractivity (Wildman–Crippen MR) is 60.4 cm³/mol. The van der Waals surface area contributed by atoms with Crippen LogP contribution in [0.15, 0.2) is 22.7 Å². The fraction of sp³-hybridized carbons (Fsp3) is 0.273. The molecule has 1 aliphatic heterocycles. The van der Waals surface area contributed by atoms with Crippen molar-refractivity contribution in [1.82, 2.24) is 0 Å². The van der Waals surface area contributed by atoms with Gasteiger partial charge < -0.3 is 4.90 Å². The Balaban J connectivity index is 2.48. The van der Waals surface area contributed by atoms with E-state index in [9.17, 15) is 4.79 Å². The van der Waals surface area contributed by atoms with Crippen LogP contribution in [-0.2, 0) is 4.79 Å². The molecule has 2 rings (SSSR count). The second-order valence-electron chi connectivity index (χ2n) is 3.39. The van der Waals surface area contributed by atoms with Crippen molar-refractivity contribution < 1.29 is 4.79 Å². The maximum atomic E-state index is 11.6. The van der Waals surface area contributed by atoms with Crippen LogP contribution < -0.4 is 4.90 Å². The van der Waals surface area contributed by atoms with E-state index in [1.165, 1.54) is 0 Å². The lowest BCUT2D eigenvalue weighted by Gasteiger charge is -2.17. The van der Waals surface area contributed by atoms with E-state index in [-0.39, 0.29) is 5.91 Å². The zero-order valence-corrected chi connectivity index (χ0v) is 9.62. The lowest BCUT2D eigenvalue weighted by Crippen LogP contribution is -2.24. The van der Waals surface area contributed by atoms with Gasteiger partial charge in [-0.1, -0.05) is 6.07 Å². The van der Waals surface area contributed by atoms with Crippen molar-refractivity contribution in [3.05, 3.63) is 28.2 Å². The Kier molecular flexibility index (Phi) is 2.74. The number of carbonyl (C=O) groups excluding carboxylic acids is 1. The molecule has 1 aromatic carbocycles. The molecule has 0 unspecified atom stereocenters. The van der Waals surface area contributed by atoms with Crippen molar-refractivity contribution in [2.75, 3.05) is 11.4 Å². The Morgan fingerprint density at radius 3 is 2.87 bits per heavy atom. The third kappa shape index (κ3) is 1.75. The fourth-order valence-corrected chi connectivity index (χ4v) is 2.20. The molecule has 1 aliphatic rings. The van der Waals surface area contributed by atoms with Gasteiger partial charge in [0.15, 0.2) is 0 Å². The number of benzene rings is 1. The molecule has 76 valence electrons. The Labute approximate surface area is 96.4 Å². The molecule has 0 bridgehead atoms. The van der Waals surface area contributed by atoms with Gasteiger partial charge in [-0.2, -0.15) is 5.26 Å². The number of hydrogen-bond acceptors (Lipinski definition) is 2. The third-order valence-electron chi connectivity index (χ3n) is 2.47. The van der Waals surface area contributed by atoms with E-state index < -0.39 is 0 Å². The van der Waals surface area contributed by atoms with Crippen LogP contribution in [-0.4, -0.2) is 12.5 Å². The Morgan fingerprint density at radius 2 is 2.27 bits per heavy atom. The van der Waals surface area contributed by atoms with Gasteiger partial charge in [0.25, 0.3) is 0 Å². The highest BCUT2D eigenvalue weighted by Crippen LogP contribution is 2.29. The van der Waals surface area contributed by atoms with Crippen LogP contribution in [0.3, 0.4) is 0 Å². The summed E-state index contributed by atoms with van der Waals surface area (Å²) < 4.78 is 0.738. The highest BCUT2D eigenvalue weighted by molar-refractivity contribution is 9.10. The molecular formula is C11H9BrN2O. The summed E-state index contributed by atoms with van der Waals surface area (Å²) in [4.78, 5) is 13.2. The third-order valence-corrected chi connectivity index (χ3v) is 3.13. The summed E-state index contributed by atoms with van der Waals surface area (Å²) in [5, 5.41) is 9.03. The molecule has 0 N–H and O–H groups in total. The zero-order chi connectivity index (χ0) is 10.8. The molecule has 0 radical (unpaired) electrons. The van der Waals surface area contributed by atoms with Gasteiger partial charge in [-0.3, -0.25) is 4.79 Å². The van der Waals surface area contributed by atoms with Gasteiger partial charge in [0.2, 0.25) is 5.91 Å². The molecule has 0 aromatic heterocycles. The van der Waals surface area contributed by atoms with Crippen molar-refractivity contribution in [1.29, 1.82) is 5.26 Å². The maximum absolute atomic E-state index is 11.6. The molecule has 0 saturated carbocycles. The van der Waals surface area contributed by atoms with Crippen LogP contribution in [0.5, 0.6) is 0 Å². The fourth-order valence-electron chi connectivity index (χ4n) is 1.75. The monoisotopic (exact) mass is 264 g/mol. The molecule has 1 heterocycles. The average molecular weight is 265 g/mol. The van der Waals surface area contributed by atoms with Crippen molar-refractivity contribution in [2.45, 2.75) is 12.8 Å². The first-order chi connectivity index (χ1) is 7.24. The minimum atomic E-state index is 0.101. The first-order valence-electron chi connectivity index (χ1n) is 4.73. The smallest absolute Gasteiger partial charge is 0.227 e. The molecule has 0 atom stereocenters. The number of carbonyl (C=O) groups is 1. The number of halogens is 1. The second kappa shape index (κ2) is 4.03. The molecule has 3 nitrogen and oxygen atoms in total. The standard InChI is InChI=1S/C11H9BrN2O/c12-9-3-1-4-10(8(9)7-13)14-6-2-5-11(14)15/h1,3-4H,2,5-6H2. The molecule has 1 aromatic rings. The lowest BCUT2D eigenvalue weighted by molar-refractivity contribution is -0.117. The minimum Gasteiger partial charge on any atom is -0.311 e. The van der Waals surface area contributed by atoms with Crippen molar-refractivity contribution >= 4 is 27.5 Å². The van der Waals surface area contributed by atoms with Crippen molar-refractivity contribution in [2.24, 2.45) is 0 Å². The van der Waals surface area contributed by atoms with Crippen LogP contribution in [0.2, 0.25) is 0 Å². The molecule has 0 aliphatic carbocycles. The lowest BCUT2D eigenvalue weighted by atomic mass is 10.2. The average Bonchev–Trinajstić information content (AvgIpc) is 2.64. The van der Waals surface area contributed by atoms with E-state index in [1.54, 1.807) is 4.90 Å². The van der Waals surface area contributed by atoms with Crippen molar-refractivity contribution in [3.63, 3.8) is 0 Å². The van der Waals surface area contributed by atoms with Crippen molar-refractivity contribution in [3.8, 4) is 6.07 Å². The first-order valence-corrected chi connectivity index (χ1v) is 5.52. The van der Waals surface area contributed by atoms with Gasteiger partial charge in [0, 0.05) is 17.4 Å². The Morgan fingerprint density at radius 1 is 1.47 bits per heavy atom. The van der Waals surface area contributed by atoms with Crippen LogP contribution in [0, 0.1) is 11.3 Å². The summed E-state index contributed by atoms with van der Waals surface area (Å²) in [5.74, 6) is 0.101. The van der Waals surface area contributed by atoms with Crippen LogP contribution in [0.25, 0.3) is 0 Å². The first kappa shape index (κ1) is 10.2. The van der Waals surface area contributed by atoms with E-state index in [4.69, 9.17) is 5.26 Å². The number of hydrogen-bond donors (Lipinski definition) is 0. The van der Waals surface area contributed by atoms with Gasteiger partial charge in [0.1, 0.15) is 6.07 Å². The normalized spacial score (nSPS) is 15.5. The van der Waals surface area contributed by atoms with Gasteiger partial charge in [-0.25, -0.2) is 0 Å². The SMILES string of the molecule is N#Cc1c(Br)cccc1N1CCCC1=O.